The smallest absolute Gasteiger partial charge is 1.00 e. The molecule has 0 radical (unpaired) electrons. The van der Waals surface area contributed by atoms with E-state index in [1.165, 1.54) is 166 Å². The summed E-state index contributed by atoms with van der Waals surface area (Å²) < 4.78 is 0. The Balaban J connectivity index is 0.00000250. The van der Waals surface area contributed by atoms with Crippen molar-refractivity contribution in [3.05, 3.63) is 329 Å². The van der Waals surface area contributed by atoms with Gasteiger partial charge in [0, 0.05) is 0 Å². The van der Waals surface area contributed by atoms with Crippen LogP contribution in [0.25, 0.3) is 100 Å². The van der Waals surface area contributed by atoms with Crippen LogP contribution in [0.1, 0.15) is 61.1 Å². The Morgan fingerprint density at radius 3 is 0.565 bits per heavy atom. The van der Waals surface area contributed by atoms with Crippen molar-refractivity contribution >= 4 is 23.6 Å². The first kappa shape index (κ1) is 68.3. The molecular formula is C87H75Cl3SiTi. The number of hydrogen-bond donors (Lipinski definition) is 0. The summed E-state index contributed by atoms with van der Waals surface area (Å²) in [6.45, 7) is 24.7. The molecule has 0 nitrogen and oxygen atoms in total. The van der Waals surface area contributed by atoms with Gasteiger partial charge < -0.3 is 37.2 Å². The fourth-order valence-corrected chi connectivity index (χ4v) is 23.4. The van der Waals surface area contributed by atoms with Gasteiger partial charge in [-0.3, -0.25) is 6.08 Å². The first-order chi connectivity index (χ1) is 42.9. The van der Waals surface area contributed by atoms with Crippen LogP contribution in [0, 0.1) is 47.6 Å². The van der Waals surface area contributed by atoms with Gasteiger partial charge in [0.15, 0.2) is 0 Å². The summed E-state index contributed by atoms with van der Waals surface area (Å²) in [7, 11) is -4.23. The number of halogens is 3. The van der Waals surface area contributed by atoms with E-state index in [0.717, 1.165) is 0 Å². The molecule has 1 aliphatic rings. The van der Waals surface area contributed by atoms with E-state index in [4.69, 9.17) is 0 Å². The van der Waals surface area contributed by atoms with Crippen LogP contribution in [0.5, 0.6) is 0 Å². The molecule has 1 unspecified atom stereocenters. The molecular weight excluding hydrogens is 1230 g/mol. The Kier molecular flexibility index (Phi) is 21.1. The molecule has 0 saturated heterocycles. The zero-order valence-electron chi connectivity index (χ0n) is 54.1. The van der Waals surface area contributed by atoms with Crippen molar-refractivity contribution in [3.63, 3.8) is 0 Å². The first-order valence-corrected chi connectivity index (χ1v) is 33.2. The second-order valence-electron chi connectivity index (χ2n) is 24.4. The van der Waals surface area contributed by atoms with Gasteiger partial charge in [-0.15, -0.1) is 6.92 Å². The van der Waals surface area contributed by atoms with E-state index in [-0.39, 0.29) is 58.9 Å². The molecule has 0 heterocycles. The van der Waals surface area contributed by atoms with Crippen molar-refractivity contribution in [3.8, 4) is 100 Å². The molecule has 12 aromatic rings. The number of allylic oxidation sites excluding steroid dienone is 4. The maximum absolute atomic E-state index is 4.66. The molecule has 5 heteroatoms. The second kappa shape index (κ2) is 28.4. The molecule has 13 rings (SSSR count). The third kappa shape index (κ3) is 11.3. The van der Waals surface area contributed by atoms with Crippen molar-refractivity contribution in [2.24, 2.45) is 0 Å². The van der Waals surface area contributed by atoms with E-state index in [2.05, 4.69) is 348 Å². The van der Waals surface area contributed by atoms with E-state index in [0.29, 0.717) is 0 Å². The Labute approximate surface area is 581 Å². The van der Waals surface area contributed by atoms with E-state index < -0.39 is 13.1 Å². The summed E-state index contributed by atoms with van der Waals surface area (Å²) in [6.07, 6.45) is 4.66. The summed E-state index contributed by atoms with van der Waals surface area (Å²) in [4.78, 5) is 0. The van der Waals surface area contributed by atoms with E-state index in [1.54, 1.807) is 0 Å². The van der Waals surface area contributed by atoms with Crippen LogP contribution in [0.3, 0.4) is 0 Å². The molecule has 0 aliphatic heterocycles. The maximum atomic E-state index is 4.66. The first-order valence-electron chi connectivity index (χ1n) is 31.2. The van der Waals surface area contributed by atoms with Gasteiger partial charge in [0.25, 0.3) is 0 Å². The number of rotatable bonds is 13. The summed E-state index contributed by atoms with van der Waals surface area (Å²) in [5.74, 6) is 0. The fourth-order valence-electron chi connectivity index (χ4n) is 15.8. The molecule has 0 amide bonds. The molecule has 0 saturated carbocycles. The van der Waals surface area contributed by atoms with Crippen LogP contribution in [-0.4, -0.2) is 8.07 Å². The topological polar surface area (TPSA) is 0 Å². The number of hydrogen-bond acceptors (Lipinski definition) is 0. The molecule has 1 aliphatic carbocycles. The van der Waals surface area contributed by atoms with E-state index in [9.17, 15) is 0 Å². The summed E-state index contributed by atoms with van der Waals surface area (Å²) in [5.41, 5.74) is 33.7. The van der Waals surface area contributed by atoms with Gasteiger partial charge >= 0.3 is 21.7 Å². The Morgan fingerprint density at radius 1 is 0.239 bits per heavy atom. The summed E-state index contributed by atoms with van der Waals surface area (Å²) in [6, 6.07) is 102. The minimum Gasteiger partial charge on any atom is -1.00 e. The molecule has 0 N–H and O–H groups in total. The van der Waals surface area contributed by atoms with E-state index >= 15 is 0 Å². The van der Waals surface area contributed by atoms with Crippen LogP contribution in [0.15, 0.2) is 290 Å². The summed E-state index contributed by atoms with van der Waals surface area (Å²) in [5, 5.41) is 3.45. The minimum absolute atomic E-state index is 0. The zero-order chi connectivity index (χ0) is 60.8. The average molecular weight is 1300 g/mol. The second-order valence-corrected chi connectivity index (χ2v) is 28.4. The molecule has 1 atom stereocenters. The van der Waals surface area contributed by atoms with Crippen LogP contribution < -0.4 is 52.8 Å². The zero-order valence-corrected chi connectivity index (χ0v) is 58.9. The van der Waals surface area contributed by atoms with Crippen molar-refractivity contribution < 1.29 is 58.9 Å². The molecule has 0 aromatic heterocycles. The Hall–Kier alpha value is -8.08. The van der Waals surface area contributed by atoms with Gasteiger partial charge in [-0.1, -0.05) is 299 Å². The Morgan fingerprint density at radius 2 is 0.402 bits per heavy atom. The van der Waals surface area contributed by atoms with Crippen LogP contribution in [-0.2, 0) is 21.7 Å². The van der Waals surface area contributed by atoms with Gasteiger partial charge in [-0.2, -0.15) is 11.1 Å². The van der Waals surface area contributed by atoms with E-state index in [1.807, 2.05) is 0 Å². The number of benzene rings is 12. The molecule has 452 valence electrons. The van der Waals surface area contributed by atoms with Gasteiger partial charge in [0.2, 0.25) is 0 Å². The monoisotopic (exact) mass is 1300 g/mol. The van der Waals surface area contributed by atoms with Crippen LogP contribution >= 0.6 is 0 Å². The Bertz CT molecular complexity index is 4210. The van der Waals surface area contributed by atoms with Gasteiger partial charge in [0.05, 0.1) is 0 Å². The van der Waals surface area contributed by atoms with Crippen molar-refractivity contribution in [1.82, 2.24) is 0 Å². The third-order valence-corrected chi connectivity index (χ3v) is 25.9. The van der Waals surface area contributed by atoms with Crippen molar-refractivity contribution in [1.29, 1.82) is 0 Å². The molecule has 0 bridgehead atoms. The molecule has 12 aromatic carbocycles. The quantitative estimate of drug-likeness (QED) is 0.0613. The predicted molar refractivity (Wildman–Crippen MR) is 380 cm³/mol. The molecule has 92 heavy (non-hydrogen) atoms. The molecule has 0 fully saturated rings. The SMILES string of the molecule is CC1=[C-]C(C)([Si](c2c(C)c(-c3ccccc3)c(-c3ccccc3)c(C)c2-c2ccccc2)(c2c(C)c(-c3ccccc3)c(-c3ccccc3)c(C)c2-c2ccccc2)c2c(C)c(-c3ccccc3)c(-c3ccccc3)c(C)c2-c2ccccc2)C(C)=C1C.[Cl-].[Cl-].[Cl-].[Ti+4]. The largest absolute Gasteiger partial charge is 4.00 e. The maximum Gasteiger partial charge on any atom is 4.00 e. The summed E-state index contributed by atoms with van der Waals surface area (Å²) >= 11 is 0. The van der Waals surface area contributed by atoms with Gasteiger partial charge in [0.1, 0.15) is 8.07 Å². The third-order valence-electron chi connectivity index (χ3n) is 19.7. The predicted octanol–water partition coefficient (Wildman–Crippen LogP) is 12.9. The van der Waals surface area contributed by atoms with Gasteiger partial charge in [-0.05, 0) is 191 Å². The molecule has 0 spiro atoms. The van der Waals surface area contributed by atoms with Gasteiger partial charge in [-0.25, -0.2) is 5.57 Å². The van der Waals surface area contributed by atoms with Crippen molar-refractivity contribution in [2.45, 2.75) is 74.3 Å². The normalized spacial score (nSPS) is 13.5. The fraction of sp³-hybridized carbons (Fsp3) is 0.126. The average Bonchev–Trinajstić information content (AvgIpc) is 1.01. The standard InChI is InChI=1S/C87H75Si.3ClH.Ti/c1-57-56-87(10,65(9)58(57)2)88(84-62(6)78(69-44-26-14-27-45-69)75(66-38-20-11-21-39-66)59(3)81(84)72-50-32-17-33-51-72,85-63(7)79(70-46-28-15-29-47-70)76(67-40-22-12-23-41-67)60(4)82(85)73-52-34-18-35-53-73)86-64(8)80(71-48-30-16-31-49-71)77(68-42-24-13-25-43-68)61(5)83(86)74-54-36-19-37-55-74;;;;/h11-55H,1-10H3;3*1H;/q-1;;;;+4/p-3. The van der Waals surface area contributed by atoms with Crippen LogP contribution in [0.2, 0.25) is 5.04 Å². The van der Waals surface area contributed by atoms with Crippen molar-refractivity contribution in [2.75, 3.05) is 0 Å². The minimum atomic E-state index is -4.23. The van der Waals surface area contributed by atoms with Crippen LogP contribution in [0.4, 0.5) is 0 Å².